The SMILES string of the molecule is Cc1ccc(S(=O)(=O)N2CCC[C@H]2C(=O)Nc2nc(-c3c[nH]c(C(N)=O)c3)cs2)cc1. The third-order valence-electron chi connectivity index (χ3n) is 5.11. The van der Waals surface area contributed by atoms with Crippen molar-refractivity contribution in [1.29, 1.82) is 0 Å². The van der Waals surface area contributed by atoms with Crippen molar-refractivity contribution < 1.29 is 18.0 Å². The zero-order chi connectivity index (χ0) is 22.2. The zero-order valence-electron chi connectivity index (χ0n) is 16.7. The molecule has 1 atom stereocenters. The number of amides is 2. The predicted octanol–water partition coefficient (Wildman–Crippen LogP) is 2.34. The van der Waals surface area contributed by atoms with Gasteiger partial charge in [0.2, 0.25) is 15.9 Å². The fourth-order valence-corrected chi connectivity index (χ4v) is 5.85. The maximum absolute atomic E-state index is 13.1. The van der Waals surface area contributed by atoms with Gasteiger partial charge in [0, 0.05) is 23.7 Å². The second kappa shape index (κ2) is 8.25. The van der Waals surface area contributed by atoms with Gasteiger partial charge in [-0.25, -0.2) is 13.4 Å². The van der Waals surface area contributed by atoms with Gasteiger partial charge in [0.25, 0.3) is 5.91 Å². The molecule has 1 aliphatic rings. The number of aromatic nitrogens is 2. The van der Waals surface area contributed by atoms with Crippen molar-refractivity contribution in [3.8, 4) is 11.3 Å². The molecule has 1 aliphatic heterocycles. The van der Waals surface area contributed by atoms with Crippen LogP contribution in [0.1, 0.15) is 28.9 Å². The van der Waals surface area contributed by atoms with Gasteiger partial charge in [0.15, 0.2) is 5.13 Å². The van der Waals surface area contributed by atoms with Crippen molar-refractivity contribution >= 4 is 38.3 Å². The van der Waals surface area contributed by atoms with Crippen LogP contribution in [0.4, 0.5) is 5.13 Å². The third kappa shape index (κ3) is 4.24. The highest BCUT2D eigenvalue weighted by Crippen LogP contribution is 2.29. The highest BCUT2D eigenvalue weighted by molar-refractivity contribution is 7.89. The maximum atomic E-state index is 13.1. The topological polar surface area (TPSA) is 138 Å². The van der Waals surface area contributed by atoms with Gasteiger partial charge in [-0.3, -0.25) is 9.59 Å². The van der Waals surface area contributed by atoms with Gasteiger partial charge in [-0.15, -0.1) is 11.3 Å². The summed E-state index contributed by atoms with van der Waals surface area (Å²) in [7, 11) is -3.78. The van der Waals surface area contributed by atoms with Crippen molar-refractivity contribution in [2.24, 2.45) is 5.73 Å². The van der Waals surface area contributed by atoms with E-state index in [9.17, 15) is 18.0 Å². The van der Waals surface area contributed by atoms with Crippen molar-refractivity contribution in [3.05, 3.63) is 53.2 Å². The Morgan fingerprint density at radius 1 is 1.29 bits per heavy atom. The molecule has 0 radical (unpaired) electrons. The van der Waals surface area contributed by atoms with Crippen LogP contribution < -0.4 is 11.1 Å². The van der Waals surface area contributed by atoms with E-state index >= 15 is 0 Å². The molecule has 3 aromatic rings. The van der Waals surface area contributed by atoms with Gasteiger partial charge in [-0.2, -0.15) is 4.31 Å². The number of nitrogens with one attached hydrogen (secondary N) is 2. The molecule has 1 fully saturated rings. The number of H-pyrrole nitrogens is 1. The van der Waals surface area contributed by atoms with Crippen LogP contribution in [0.15, 0.2) is 46.8 Å². The lowest BCUT2D eigenvalue weighted by Gasteiger charge is -2.23. The van der Waals surface area contributed by atoms with Crippen LogP contribution in [0.2, 0.25) is 0 Å². The molecule has 162 valence electrons. The number of carbonyl (C=O) groups excluding carboxylic acids is 2. The molecule has 3 heterocycles. The molecule has 1 saturated heterocycles. The summed E-state index contributed by atoms with van der Waals surface area (Å²) < 4.78 is 27.4. The summed E-state index contributed by atoms with van der Waals surface area (Å²) in [4.78, 5) is 31.4. The smallest absolute Gasteiger partial charge is 0.265 e. The van der Waals surface area contributed by atoms with Gasteiger partial charge >= 0.3 is 0 Å². The summed E-state index contributed by atoms with van der Waals surface area (Å²) in [6.07, 6.45) is 2.65. The number of aryl methyl sites for hydroxylation is 1. The second-order valence-corrected chi connectivity index (χ2v) is 10.0. The van der Waals surface area contributed by atoms with E-state index in [-0.39, 0.29) is 17.1 Å². The van der Waals surface area contributed by atoms with E-state index in [1.54, 1.807) is 41.9 Å². The number of nitrogens with zero attached hydrogens (tertiary/aromatic N) is 2. The largest absolute Gasteiger partial charge is 0.364 e. The monoisotopic (exact) mass is 459 g/mol. The number of hydrogen-bond acceptors (Lipinski definition) is 6. The number of benzene rings is 1. The maximum Gasteiger partial charge on any atom is 0.265 e. The minimum Gasteiger partial charge on any atom is -0.364 e. The van der Waals surface area contributed by atoms with Crippen LogP contribution in [-0.4, -0.2) is 47.1 Å². The normalized spacial score (nSPS) is 17.0. The van der Waals surface area contributed by atoms with Crippen molar-refractivity contribution in [3.63, 3.8) is 0 Å². The molecule has 0 aliphatic carbocycles. The fourth-order valence-electron chi connectivity index (χ4n) is 3.47. The zero-order valence-corrected chi connectivity index (χ0v) is 18.3. The summed E-state index contributed by atoms with van der Waals surface area (Å²) in [5.41, 5.74) is 7.69. The molecule has 0 spiro atoms. The van der Waals surface area contributed by atoms with E-state index < -0.39 is 27.9 Å². The molecule has 0 bridgehead atoms. The molecule has 4 rings (SSSR count). The standard InChI is InChI=1S/C20H21N5O4S2/c1-12-4-6-14(7-5-12)31(28,29)25-8-2-3-17(25)19(27)24-20-23-16(11-30-20)13-9-15(18(21)26)22-10-13/h4-7,9-11,17,22H,2-3,8H2,1H3,(H2,21,26)(H,23,24,27)/t17-/m0/s1. The number of carbonyl (C=O) groups is 2. The number of hydrogen-bond donors (Lipinski definition) is 3. The first-order valence-electron chi connectivity index (χ1n) is 9.59. The molecule has 0 unspecified atom stereocenters. The number of sulfonamides is 1. The Morgan fingerprint density at radius 2 is 2.03 bits per heavy atom. The number of thiazole rings is 1. The first-order chi connectivity index (χ1) is 14.8. The minimum atomic E-state index is -3.78. The third-order valence-corrected chi connectivity index (χ3v) is 7.79. The Labute approximate surface area is 183 Å². The van der Waals surface area contributed by atoms with Gasteiger partial charge in [-0.05, 0) is 38.0 Å². The molecular weight excluding hydrogens is 438 g/mol. The van der Waals surface area contributed by atoms with Crippen molar-refractivity contribution in [2.45, 2.75) is 30.7 Å². The number of primary amides is 1. The van der Waals surface area contributed by atoms with E-state index in [1.165, 1.54) is 15.6 Å². The molecular formula is C20H21N5O4S2. The Kier molecular flexibility index (Phi) is 5.65. The molecule has 31 heavy (non-hydrogen) atoms. The molecule has 2 aromatic heterocycles. The Morgan fingerprint density at radius 3 is 2.71 bits per heavy atom. The number of nitrogens with two attached hydrogens (primary N) is 1. The lowest BCUT2D eigenvalue weighted by atomic mass is 10.2. The quantitative estimate of drug-likeness (QED) is 0.519. The molecule has 1 aromatic carbocycles. The average Bonchev–Trinajstić information content (AvgIpc) is 3.48. The van der Waals surface area contributed by atoms with Crippen LogP contribution in [-0.2, 0) is 14.8 Å². The van der Waals surface area contributed by atoms with Gasteiger partial charge in [0.1, 0.15) is 11.7 Å². The highest BCUT2D eigenvalue weighted by atomic mass is 32.2. The van der Waals surface area contributed by atoms with E-state index in [4.69, 9.17) is 5.73 Å². The average molecular weight is 460 g/mol. The van der Waals surface area contributed by atoms with Crippen LogP contribution in [0.5, 0.6) is 0 Å². The van der Waals surface area contributed by atoms with Crippen LogP contribution >= 0.6 is 11.3 Å². The lowest BCUT2D eigenvalue weighted by Crippen LogP contribution is -2.43. The van der Waals surface area contributed by atoms with E-state index in [0.29, 0.717) is 29.2 Å². The minimum absolute atomic E-state index is 0.173. The fraction of sp³-hybridized carbons (Fsp3) is 0.250. The molecule has 0 saturated carbocycles. The summed E-state index contributed by atoms with van der Waals surface area (Å²) in [5, 5.41) is 4.81. The second-order valence-electron chi connectivity index (χ2n) is 7.28. The first kappa shape index (κ1) is 21.2. The van der Waals surface area contributed by atoms with Gasteiger partial charge in [0.05, 0.1) is 10.6 Å². The van der Waals surface area contributed by atoms with Gasteiger partial charge in [-0.1, -0.05) is 17.7 Å². The molecule has 2 amide bonds. The summed E-state index contributed by atoms with van der Waals surface area (Å²) in [5.74, 6) is -0.993. The van der Waals surface area contributed by atoms with E-state index in [0.717, 1.165) is 5.56 Å². The summed E-state index contributed by atoms with van der Waals surface area (Å²) in [6, 6.07) is 7.37. The van der Waals surface area contributed by atoms with Crippen molar-refractivity contribution in [1.82, 2.24) is 14.3 Å². The summed E-state index contributed by atoms with van der Waals surface area (Å²) in [6.45, 7) is 2.17. The predicted molar refractivity (Wildman–Crippen MR) is 117 cm³/mol. The van der Waals surface area contributed by atoms with E-state index in [1.807, 2.05) is 6.92 Å². The van der Waals surface area contributed by atoms with Crippen molar-refractivity contribution in [2.75, 3.05) is 11.9 Å². The Balaban J connectivity index is 1.50. The summed E-state index contributed by atoms with van der Waals surface area (Å²) >= 11 is 1.21. The number of anilines is 1. The number of aromatic amines is 1. The van der Waals surface area contributed by atoms with Crippen LogP contribution in [0.3, 0.4) is 0 Å². The number of rotatable bonds is 6. The van der Waals surface area contributed by atoms with E-state index in [2.05, 4.69) is 15.3 Å². The molecule has 9 nitrogen and oxygen atoms in total. The highest BCUT2D eigenvalue weighted by Gasteiger charge is 2.39. The lowest BCUT2D eigenvalue weighted by molar-refractivity contribution is -0.119. The molecule has 11 heteroatoms. The van der Waals surface area contributed by atoms with Gasteiger partial charge < -0.3 is 16.0 Å². The molecule has 4 N–H and O–H groups in total. The van der Waals surface area contributed by atoms with Crippen LogP contribution in [0.25, 0.3) is 11.3 Å². The first-order valence-corrected chi connectivity index (χ1v) is 11.9. The Hall–Kier alpha value is -3.02. The van der Waals surface area contributed by atoms with Crippen LogP contribution in [0, 0.1) is 6.92 Å². The Bertz CT molecular complexity index is 1230.